The van der Waals surface area contributed by atoms with E-state index in [-0.39, 0.29) is 46.8 Å². The first-order valence-electron chi connectivity index (χ1n) is 11.4. The fraction of sp³-hybridized carbons (Fsp3) is 0.955. The van der Waals surface area contributed by atoms with Gasteiger partial charge in [0.1, 0.15) is 11.7 Å². The van der Waals surface area contributed by atoms with E-state index in [0.29, 0.717) is 19.1 Å². The van der Waals surface area contributed by atoms with Crippen LogP contribution in [0.15, 0.2) is 0 Å². The van der Waals surface area contributed by atoms with E-state index in [1.807, 2.05) is 0 Å². The van der Waals surface area contributed by atoms with E-state index in [2.05, 4.69) is 18.7 Å². The summed E-state index contributed by atoms with van der Waals surface area (Å²) in [5.74, 6) is 0.413. The molecule has 0 unspecified atom stereocenters. The number of hydrogen-bond acceptors (Lipinski definition) is 6. The molecule has 7 atom stereocenters. The van der Waals surface area contributed by atoms with Crippen LogP contribution in [-0.2, 0) is 23.7 Å². The molecule has 0 aromatic heterocycles. The molecule has 156 valence electrons. The van der Waals surface area contributed by atoms with E-state index in [1.165, 1.54) is 19.3 Å². The molecule has 28 heavy (non-hydrogen) atoms. The summed E-state index contributed by atoms with van der Waals surface area (Å²) in [5.41, 5.74) is 0.163. The highest BCUT2D eigenvalue weighted by atomic mass is 16.7. The first kappa shape index (κ1) is 18.1. The maximum Gasteiger partial charge on any atom is 0.311 e. The molecule has 6 fully saturated rings. The number of epoxide rings is 1. The van der Waals surface area contributed by atoms with Gasteiger partial charge < -0.3 is 23.8 Å². The van der Waals surface area contributed by atoms with E-state index in [0.717, 1.165) is 38.9 Å². The van der Waals surface area contributed by atoms with Gasteiger partial charge in [0, 0.05) is 43.8 Å². The van der Waals surface area contributed by atoms with Crippen molar-refractivity contribution < 1.29 is 23.7 Å². The summed E-state index contributed by atoms with van der Waals surface area (Å²) in [6, 6.07) is 0. The van der Waals surface area contributed by atoms with Gasteiger partial charge in [0.2, 0.25) is 0 Å². The smallest absolute Gasteiger partial charge is 0.311 e. The van der Waals surface area contributed by atoms with E-state index < -0.39 is 0 Å². The Morgan fingerprint density at radius 3 is 2.64 bits per heavy atom. The highest BCUT2D eigenvalue weighted by molar-refractivity contribution is 5.76. The largest absolute Gasteiger partial charge is 0.462 e. The lowest BCUT2D eigenvalue weighted by molar-refractivity contribution is -0.186. The van der Waals surface area contributed by atoms with Gasteiger partial charge >= 0.3 is 5.97 Å². The number of ether oxygens (including phenoxy) is 4. The van der Waals surface area contributed by atoms with Crippen LogP contribution in [0.25, 0.3) is 0 Å². The number of carbonyl (C=O) groups excluding carboxylic acids is 1. The lowest BCUT2D eigenvalue weighted by Crippen LogP contribution is -2.55. The molecule has 4 heterocycles. The minimum Gasteiger partial charge on any atom is -0.462 e. The van der Waals surface area contributed by atoms with Crippen LogP contribution in [0.1, 0.15) is 52.4 Å². The van der Waals surface area contributed by atoms with Gasteiger partial charge in [-0.15, -0.1) is 0 Å². The third-order valence-electron chi connectivity index (χ3n) is 9.08. The molecule has 4 aliphatic heterocycles. The minimum absolute atomic E-state index is 0.00384. The lowest BCUT2D eigenvalue weighted by Gasteiger charge is -2.49. The number of fused-ring (bicyclic) bond motifs is 2. The highest BCUT2D eigenvalue weighted by Crippen LogP contribution is 2.70. The molecule has 6 nitrogen and oxygen atoms in total. The number of esters is 1. The van der Waals surface area contributed by atoms with Crippen LogP contribution >= 0.6 is 0 Å². The number of hydrogen-bond donors (Lipinski definition) is 0. The molecule has 0 aromatic rings. The van der Waals surface area contributed by atoms with Gasteiger partial charge in [0.25, 0.3) is 0 Å². The molecule has 6 heteroatoms. The summed E-state index contributed by atoms with van der Waals surface area (Å²) >= 11 is 0. The summed E-state index contributed by atoms with van der Waals surface area (Å²) < 4.78 is 24.2. The number of nitrogens with zero attached hydrogens (tertiary/aromatic N) is 1. The number of carbonyl (C=O) groups is 1. The monoisotopic (exact) mass is 391 g/mol. The Balaban J connectivity index is 1.18. The van der Waals surface area contributed by atoms with Gasteiger partial charge in [-0.3, -0.25) is 4.79 Å². The number of likely N-dealkylation sites (tertiary alicyclic amines) is 1. The first-order chi connectivity index (χ1) is 13.5. The van der Waals surface area contributed by atoms with Gasteiger partial charge in [0.15, 0.2) is 5.79 Å². The molecule has 2 aliphatic carbocycles. The van der Waals surface area contributed by atoms with Gasteiger partial charge in [-0.1, -0.05) is 20.3 Å². The summed E-state index contributed by atoms with van der Waals surface area (Å²) in [4.78, 5) is 15.3. The fourth-order valence-corrected chi connectivity index (χ4v) is 7.58. The zero-order valence-corrected chi connectivity index (χ0v) is 17.2. The van der Waals surface area contributed by atoms with Crippen LogP contribution in [0.2, 0.25) is 0 Å². The van der Waals surface area contributed by atoms with Crippen molar-refractivity contribution >= 4 is 5.97 Å². The zero-order valence-electron chi connectivity index (χ0n) is 17.2. The topological polar surface area (TPSA) is 60.5 Å². The molecule has 6 aliphatic rings. The van der Waals surface area contributed by atoms with Crippen molar-refractivity contribution in [2.75, 3.05) is 32.8 Å². The zero-order chi connectivity index (χ0) is 19.1. The predicted molar refractivity (Wildman–Crippen MR) is 101 cm³/mol. The molecule has 0 N–H and O–H groups in total. The quantitative estimate of drug-likeness (QED) is 0.532. The van der Waals surface area contributed by atoms with Crippen LogP contribution in [0, 0.1) is 23.2 Å². The van der Waals surface area contributed by atoms with Crippen molar-refractivity contribution in [2.45, 2.75) is 76.0 Å². The average Bonchev–Trinajstić information content (AvgIpc) is 3.16. The number of rotatable bonds is 2. The SMILES string of the molecule is C[C@@H]1CCC[C@]2(C)C[C@H]3OC(=O)[C@@H](CN4CCC5(CC4)OCCO5)[C@H]3[C@@H]3O[C@@]132. The fourth-order valence-electron chi connectivity index (χ4n) is 7.58. The molecule has 0 aromatic carbocycles. The Labute approximate surface area is 167 Å². The summed E-state index contributed by atoms with van der Waals surface area (Å²) in [5, 5.41) is 0. The van der Waals surface area contributed by atoms with Crippen molar-refractivity contribution in [1.82, 2.24) is 4.90 Å². The second kappa shape index (κ2) is 5.93. The van der Waals surface area contributed by atoms with E-state index in [9.17, 15) is 4.79 Å². The standard InChI is InChI=1S/C22H33NO5/c1-14-4-3-5-20(2)12-16-17(18-22(14,20)28-18)15(19(24)27-16)13-23-8-6-21(7-9-23)25-10-11-26-21/h14-18H,3-13H2,1-2H3/t14-,15+,16-,17-,18+,20-,22+/m1/s1. The normalized spacial score (nSPS) is 52.1. The molecule has 2 saturated carbocycles. The first-order valence-corrected chi connectivity index (χ1v) is 11.4. The lowest BCUT2D eigenvalue weighted by atomic mass is 9.53. The molecule has 4 saturated heterocycles. The highest BCUT2D eigenvalue weighted by Gasteiger charge is 2.78. The van der Waals surface area contributed by atoms with Crippen LogP contribution in [0.4, 0.5) is 0 Å². The van der Waals surface area contributed by atoms with Crippen LogP contribution < -0.4 is 0 Å². The molecular weight excluding hydrogens is 358 g/mol. The second-order valence-electron chi connectivity index (χ2n) is 10.5. The second-order valence-corrected chi connectivity index (χ2v) is 10.5. The molecule has 2 spiro atoms. The maximum absolute atomic E-state index is 12.9. The van der Waals surface area contributed by atoms with Crippen molar-refractivity contribution in [3.63, 3.8) is 0 Å². The summed E-state index contributed by atoms with van der Waals surface area (Å²) in [6.45, 7) is 8.78. The molecular formula is C22H33NO5. The van der Waals surface area contributed by atoms with E-state index in [1.54, 1.807) is 0 Å². The predicted octanol–water partition coefficient (Wildman–Crippen LogP) is 2.35. The minimum atomic E-state index is -0.358. The van der Waals surface area contributed by atoms with Gasteiger partial charge in [-0.25, -0.2) is 0 Å². The third kappa shape index (κ3) is 2.32. The van der Waals surface area contributed by atoms with E-state index in [4.69, 9.17) is 18.9 Å². The molecule has 0 radical (unpaired) electrons. The Morgan fingerprint density at radius 1 is 1.14 bits per heavy atom. The van der Waals surface area contributed by atoms with Gasteiger partial charge in [-0.2, -0.15) is 0 Å². The summed E-state index contributed by atoms with van der Waals surface area (Å²) in [6.07, 6.45) is 6.73. The van der Waals surface area contributed by atoms with Gasteiger partial charge in [-0.05, 0) is 25.2 Å². The van der Waals surface area contributed by atoms with E-state index >= 15 is 0 Å². The Kier molecular flexibility index (Phi) is 3.84. The Bertz CT molecular complexity index is 668. The van der Waals surface area contributed by atoms with Crippen molar-refractivity contribution in [2.24, 2.45) is 23.2 Å². The average molecular weight is 392 g/mol. The Morgan fingerprint density at radius 2 is 1.89 bits per heavy atom. The van der Waals surface area contributed by atoms with Crippen LogP contribution in [0.3, 0.4) is 0 Å². The van der Waals surface area contributed by atoms with Crippen molar-refractivity contribution in [3.05, 3.63) is 0 Å². The Hall–Kier alpha value is -0.690. The molecule has 0 bridgehead atoms. The molecule has 6 rings (SSSR count). The third-order valence-corrected chi connectivity index (χ3v) is 9.08. The summed E-state index contributed by atoms with van der Waals surface area (Å²) in [7, 11) is 0. The molecule has 0 amide bonds. The van der Waals surface area contributed by atoms with Crippen LogP contribution in [0.5, 0.6) is 0 Å². The maximum atomic E-state index is 12.9. The van der Waals surface area contributed by atoms with Crippen molar-refractivity contribution in [3.8, 4) is 0 Å². The van der Waals surface area contributed by atoms with Crippen molar-refractivity contribution in [1.29, 1.82) is 0 Å². The van der Waals surface area contributed by atoms with Gasteiger partial charge in [0.05, 0.1) is 25.2 Å². The number of piperidine rings is 1. The van der Waals surface area contributed by atoms with Crippen LogP contribution in [-0.4, -0.2) is 67.3 Å².